The van der Waals surface area contributed by atoms with Crippen molar-refractivity contribution in [2.75, 3.05) is 13.2 Å². The SMILES string of the molecule is CC/C=C\C/C=C\C/C=C\C/C=C\CCCCCCC(=O)O[C@H](COC(=O)CCCCCCCCCCCCCCCCCCCCCCC)COP(=O)(O)O. The first kappa shape index (κ1) is 54.0. The summed E-state index contributed by atoms with van der Waals surface area (Å²) in [6.45, 7) is 3.58. The van der Waals surface area contributed by atoms with Crippen molar-refractivity contribution in [1.82, 2.24) is 0 Å². The van der Waals surface area contributed by atoms with Gasteiger partial charge in [-0.05, 0) is 51.4 Å². The van der Waals surface area contributed by atoms with Crippen LogP contribution in [0.1, 0.15) is 219 Å². The third kappa shape index (κ3) is 44.7. The second kappa shape index (κ2) is 42.6. The summed E-state index contributed by atoms with van der Waals surface area (Å²) in [5.74, 6) is -0.906. The van der Waals surface area contributed by atoms with Gasteiger partial charge in [-0.3, -0.25) is 14.1 Å². The van der Waals surface area contributed by atoms with Crippen molar-refractivity contribution in [3.63, 3.8) is 0 Å². The second-order valence-electron chi connectivity index (χ2n) is 15.4. The summed E-state index contributed by atoms with van der Waals surface area (Å²) in [5.41, 5.74) is 0. The zero-order valence-electron chi connectivity index (χ0n) is 36.0. The van der Waals surface area contributed by atoms with Crippen LogP contribution in [0.4, 0.5) is 0 Å². The molecule has 0 radical (unpaired) electrons. The predicted octanol–water partition coefficient (Wildman–Crippen LogP) is 14.3. The number of esters is 2. The molecule has 8 nitrogen and oxygen atoms in total. The molecule has 0 aromatic heterocycles. The Balaban J connectivity index is 3.87. The fourth-order valence-corrected chi connectivity index (χ4v) is 6.84. The lowest BCUT2D eigenvalue weighted by atomic mass is 10.0. The van der Waals surface area contributed by atoms with E-state index in [0.717, 1.165) is 70.6 Å². The zero-order valence-corrected chi connectivity index (χ0v) is 36.9. The minimum Gasteiger partial charge on any atom is -0.462 e. The van der Waals surface area contributed by atoms with Gasteiger partial charge >= 0.3 is 19.8 Å². The summed E-state index contributed by atoms with van der Waals surface area (Å²) in [7, 11) is -4.76. The number of allylic oxidation sites excluding steroid dienone is 8. The lowest BCUT2D eigenvalue weighted by molar-refractivity contribution is -0.161. The molecular formula is C47H85O8P. The highest BCUT2D eigenvalue weighted by atomic mass is 31.2. The Morgan fingerprint density at radius 2 is 0.857 bits per heavy atom. The maximum atomic E-state index is 12.4. The molecule has 2 N–H and O–H groups in total. The van der Waals surface area contributed by atoms with Crippen molar-refractivity contribution in [2.24, 2.45) is 0 Å². The number of carbonyl (C=O) groups excluding carboxylic acids is 2. The van der Waals surface area contributed by atoms with Crippen molar-refractivity contribution >= 4 is 19.8 Å². The number of carbonyl (C=O) groups is 2. The highest BCUT2D eigenvalue weighted by Crippen LogP contribution is 2.36. The van der Waals surface area contributed by atoms with Crippen LogP contribution in [-0.2, 0) is 28.2 Å². The summed E-state index contributed by atoms with van der Waals surface area (Å²) in [6.07, 6.45) is 52.7. The Bertz CT molecular complexity index is 1050. The predicted molar refractivity (Wildman–Crippen MR) is 234 cm³/mol. The van der Waals surface area contributed by atoms with Gasteiger partial charge in [-0.25, -0.2) is 4.57 Å². The van der Waals surface area contributed by atoms with Crippen molar-refractivity contribution in [1.29, 1.82) is 0 Å². The average Bonchev–Trinajstić information content (AvgIpc) is 3.17. The van der Waals surface area contributed by atoms with Gasteiger partial charge in [0.1, 0.15) is 6.61 Å². The van der Waals surface area contributed by atoms with E-state index in [1.807, 2.05) is 0 Å². The Kier molecular flexibility index (Phi) is 41.1. The van der Waals surface area contributed by atoms with E-state index < -0.39 is 32.5 Å². The van der Waals surface area contributed by atoms with Gasteiger partial charge in [0.2, 0.25) is 0 Å². The van der Waals surface area contributed by atoms with E-state index in [1.165, 1.54) is 116 Å². The topological polar surface area (TPSA) is 119 Å². The fourth-order valence-electron chi connectivity index (χ4n) is 6.48. The molecule has 0 heterocycles. The minimum atomic E-state index is -4.76. The van der Waals surface area contributed by atoms with Crippen molar-refractivity contribution in [3.8, 4) is 0 Å². The molecule has 326 valence electrons. The molecule has 9 heteroatoms. The Labute approximate surface area is 344 Å². The number of phosphoric ester groups is 1. The van der Waals surface area contributed by atoms with E-state index in [9.17, 15) is 14.2 Å². The monoisotopic (exact) mass is 809 g/mol. The first-order valence-electron chi connectivity index (χ1n) is 22.9. The van der Waals surface area contributed by atoms with Crippen LogP contribution >= 0.6 is 7.82 Å². The van der Waals surface area contributed by atoms with Crippen LogP contribution in [0, 0.1) is 0 Å². The van der Waals surface area contributed by atoms with Gasteiger partial charge in [-0.15, -0.1) is 0 Å². The number of hydrogen-bond donors (Lipinski definition) is 2. The van der Waals surface area contributed by atoms with E-state index in [1.54, 1.807) is 0 Å². The number of ether oxygens (including phenoxy) is 2. The second-order valence-corrected chi connectivity index (χ2v) is 16.6. The molecule has 0 saturated carbocycles. The van der Waals surface area contributed by atoms with Gasteiger partial charge in [-0.2, -0.15) is 0 Å². The Hall–Kier alpha value is -1.99. The van der Waals surface area contributed by atoms with Crippen LogP contribution < -0.4 is 0 Å². The maximum Gasteiger partial charge on any atom is 0.469 e. The molecule has 1 atom stereocenters. The lowest BCUT2D eigenvalue weighted by Gasteiger charge is -2.18. The van der Waals surface area contributed by atoms with Crippen molar-refractivity contribution in [3.05, 3.63) is 48.6 Å². The zero-order chi connectivity index (χ0) is 41.1. The molecule has 0 bridgehead atoms. The van der Waals surface area contributed by atoms with Crippen molar-refractivity contribution < 1.29 is 37.9 Å². The lowest BCUT2D eigenvalue weighted by Crippen LogP contribution is -2.29. The number of rotatable bonds is 42. The van der Waals surface area contributed by atoms with Gasteiger partial charge in [0.25, 0.3) is 0 Å². The van der Waals surface area contributed by atoms with Gasteiger partial charge in [0, 0.05) is 12.8 Å². The van der Waals surface area contributed by atoms with Crippen LogP contribution in [-0.4, -0.2) is 41.0 Å². The van der Waals surface area contributed by atoms with E-state index in [-0.39, 0.29) is 19.4 Å². The average molecular weight is 809 g/mol. The standard InChI is InChI=1S/C47H85O8P/c1-3-5-7-9-11-13-15-17-19-21-22-23-24-26-27-29-31-33-35-37-39-41-46(48)53-43-45(44-54-56(50,51)52)55-47(49)42-40-38-36-34-32-30-28-25-20-18-16-14-12-10-8-6-4-2/h6,8,12,14,18,20,28,30,45H,3-5,7,9-11,13,15-17,19,21-27,29,31-44H2,1-2H3,(H2,50,51,52)/b8-6-,14-12-,20-18-,30-28-/t45-/m1/s1. The third-order valence-electron chi connectivity index (χ3n) is 9.86. The largest absolute Gasteiger partial charge is 0.469 e. The summed E-state index contributed by atoms with van der Waals surface area (Å²) < 4.78 is 26.4. The molecule has 0 fully saturated rings. The molecule has 0 saturated heterocycles. The van der Waals surface area contributed by atoms with Gasteiger partial charge in [0.05, 0.1) is 6.61 Å². The number of hydrogen-bond acceptors (Lipinski definition) is 6. The summed E-state index contributed by atoms with van der Waals surface area (Å²) in [6, 6.07) is 0. The van der Waals surface area contributed by atoms with E-state index in [2.05, 4.69) is 67.0 Å². The van der Waals surface area contributed by atoms with Crippen LogP contribution in [0.2, 0.25) is 0 Å². The fraction of sp³-hybridized carbons (Fsp3) is 0.787. The molecular weight excluding hydrogens is 723 g/mol. The maximum absolute atomic E-state index is 12.4. The van der Waals surface area contributed by atoms with Crippen LogP contribution in [0.15, 0.2) is 48.6 Å². The third-order valence-corrected chi connectivity index (χ3v) is 10.3. The van der Waals surface area contributed by atoms with Gasteiger partial charge < -0.3 is 19.3 Å². The van der Waals surface area contributed by atoms with E-state index in [0.29, 0.717) is 6.42 Å². The molecule has 0 aromatic rings. The minimum absolute atomic E-state index is 0.184. The molecule has 0 unspecified atom stereocenters. The molecule has 0 aliphatic heterocycles. The van der Waals surface area contributed by atoms with Crippen LogP contribution in [0.3, 0.4) is 0 Å². The van der Waals surface area contributed by atoms with Gasteiger partial charge in [-0.1, -0.05) is 204 Å². The molecule has 0 aliphatic rings. The first-order valence-corrected chi connectivity index (χ1v) is 24.5. The van der Waals surface area contributed by atoms with Gasteiger partial charge in [0.15, 0.2) is 6.10 Å². The molecule has 0 spiro atoms. The molecule has 0 aromatic carbocycles. The molecule has 0 amide bonds. The highest BCUT2D eigenvalue weighted by molar-refractivity contribution is 7.46. The summed E-state index contributed by atoms with van der Waals surface area (Å²) in [5, 5.41) is 0. The molecule has 0 rings (SSSR count). The molecule has 0 aliphatic carbocycles. The Morgan fingerprint density at radius 3 is 1.29 bits per heavy atom. The van der Waals surface area contributed by atoms with E-state index in [4.69, 9.17) is 19.3 Å². The number of unbranched alkanes of at least 4 members (excludes halogenated alkanes) is 24. The van der Waals surface area contributed by atoms with Crippen LogP contribution in [0.5, 0.6) is 0 Å². The van der Waals surface area contributed by atoms with E-state index >= 15 is 0 Å². The Morgan fingerprint density at radius 1 is 0.482 bits per heavy atom. The highest BCUT2D eigenvalue weighted by Gasteiger charge is 2.22. The first-order chi connectivity index (χ1) is 27.3. The quantitative estimate of drug-likeness (QED) is 0.0271. The van der Waals surface area contributed by atoms with Crippen LogP contribution in [0.25, 0.3) is 0 Å². The molecule has 56 heavy (non-hydrogen) atoms. The smallest absolute Gasteiger partial charge is 0.462 e. The normalized spacial score (nSPS) is 12.9. The number of phosphoric acid groups is 1. The van der Waals surface area contributed by atoms with Crippen molar-refractivity contribution in [2.45, 2.75) is 225 Å². The summed E-state index contributed by atoms with van der Waals surface area (Å²) in [4.78, 5) is 42.9. The summed E-state index contributed by atoms with van der Waals surface area (Å²) >= 11 is 0.